The van der Waals surface area contributed by atoms with Crippen molar-refractivity contribution in [1.82, 2.24) is 15.5 Å². The first-order valence-electron chi connectivity index (χ1n) is 11.1. The maximum atomic E-state index is 13.7. The quantitative estimate of drug-likeness (QED) is 0.603. The van der Waals surface area contributed by atoms with Gasteiger partial charge in [0.15, 0.2) is 0 Å². The van der Waals surface area contributed by atoms with E-state index in [0.717, 1.165) is 5.56 Å². The normalized spacial score (nSPS) is 13.5. The Balaban J connectivity index is 3.43. The van der Waals surface area contributed by atoms with Crippen LogP contribution in [0.25, 0.3) is 0 Å². The predicted molar refractivity (Wildman–Crippen MR) is 127 cm³/mol. The number of nitrogens with one attached hydrogen (secondary N) is 2. The van der Waals surface area contributed by atoms with Gasteiger partial charge in [-0.25, -0.2) is 4.79 Å². The van der Waals surface area contributed by atoms with E-state index >= 15 is 0 Å². The topological polar surface area (TPSA) is 112 Å². The summed E-state index contributed by atoms with van der Waals surface area (Å²) in [4.78, 5) is 40.6. The van der Waals surface area contributed by atoms with Crippen LogP contribution in [0.15, 0.2) is 24.3 Å². The van der Waals surface area contributed by atoms with Gasteiger partial charge in [0.25, 0.3) is 0 Å². The minimum atomic E-state index is -1.04. The molecule has 2 atom stereocenters. The van der Waals surface area contributed by atoms with Gasteiger partial charge in [-0.2, -0.15) is 5.26 Å². The molecule has 8 nitrogen and oxygen atoms in total. The van der Waals surface area contributed by atoms with Crippen LogP contribution in [0.1, 0.15) is 72.6 Å². The van der Waals surface area contributed by atoms with Crippen LogP contribution in [-0.4, -0.2) is 46.5 Å². The fourth-order valence-electron chi connectivity index (χ4n) is 3.16. The molecule has 0 saturated carbocycles. The molecular weight excluding hydrogens is 420 g/mol. The molecule has 2 N–H and O–H groups in total. The minimum absolute atomic E-state index is 0.310. The zero-order valence-electron chi connectivity index (χ0n) is 21.3. The Morgan fingerprint density at radius 2 is 1.61 bits per heavy atom. The minimum Gasteiger partial charge on any atom is -0.444 e. The summed E-state index contributed by atoms with van der Waals surface area (Å²) in [5.41, 5.74) is 0.287. The summed E-state index contributed by atoms with van der Waals surface area (Å²) in [5, 5.41) is 15.0. The monoisotopic (exact) mass is 458 g/mol. The number of carbonyl (C=O) groups excluding carboxylic acids is 3. The largest absolute Gasteiger partial charge is 0.444 e. The standard InChI is InChI=1S/C25H38N4O4/c1-16(2)19(27-23(32)33-25(7,8)9)22(31)29(15-14-26)20(21(30)28-24(4,5)6)18-12-10-17(3)11-13-18/h10-13,16,19-20H,15H2,1-9H3,(H,27,32)(H,28,30). The summed E-state index contributed by atoms with van der Waals surface area (Å²) in [6.07, 6.45) is -0.738. The lowest BCUT2D eigenvalue weighted by molar-refractivity contribution is -0.143. The van der Waals surface area contributed by atoms with Crippen molar-refractivity contribution < 1.29 is 19.1 Å². The molecule has 0 aromatic heterocycles. The molecule has 0 aliphatic heterocycles. The molecule has 0 heterocycles. The molecule has 0 aliphatic rings. The second-order valence-corrected chi connectivity index (χ2v) is 10.5. The number of rotatable bonds is 7. The van der Waals surface area contributed by atoms with Gasteiger partial charge in [0.05, 0.1) is 6.07 Å². The summed E-state index contributed by atoms with van der Waals surface area (Å²) >= 11 is 0. The third kappa shape index (κ3) is 9.13. The summed E-state index contributed by atoms with van der Waals surface area (Å²) in [6, 6.07) is 7.20. The lowest BCUT2D eigenvalue weighted by atomic mass is 9.97. The molecule has 182 valence electrons. The average Bonchev–Trinajstić information content (AvgIpc) is 2.63. The van der Waals surface area contributed by atoms with E-state index in [0.29, 0.717) is 5.56 Å². The van der Waals surface area contributed by atoms with E-state index in [4.69, 9.17) is 4.74 Å². The van der Waals surface area contributed by atoms with Crippen molar-refractivity contribution >= 4 is 17.9 Å². The van der Waals surface area contributed by atoms with E-state index in [1.807, 2.05) is 45.9 Å². The van der Waals surface area contributed by atoms with Crippen LogP contribution in [0, 0.1) is 24.2 Å². The number of ether oxygens (including phenoxy) is 1. The molecule has 0 fully saturated rings. The van der Waals surface area contributed by atoms with E-state index in [-0.39, 0.29) is 12.5 Å². The van der Waals surface area contributed by atoms with Gasteiger partial charge < -0.3 is 20.3 Å². The Labute approximate surface area is 197 Å². The molecular formula is C25H38N4O4. The number of amides is 3. The van der Waals surface area contributed by atoms with Gasteiger partial charge in [-0.3, -0.25) is 9.59 Å². The van der Waals surface area contributed by atoms with E-state index in [2.05, 4.69) is 10.6 Å². The number of alkyl carbamates (subject to hydrolysis) is 1. The molecule has 2 unspecified atom stereocenters. The van der Waals surface area contributed by atoms with Gasteiger partial charge in [0.2, 0.25) is 11.8 Å². The van der Waals surface area contributed by atoms with Gasteiger partial charge in [-0.05, 0) is 59.9 Å². The Morgan fingerprint density at radius 3 is 2.03 bits per heavy atom. The first kappa shape index (κ1) is 28.0. The Morgan fingerprint density at radius 1 is 1.06 bits per heavy atom. The van der Waals surface area contributed by atoms with Gasteiger partial charge in [-0.15, -0.1) is 0 Å². The molecule has 0 aliphatic carbocycles. The highest BCUT2D eigenvalue weighted by Gasteiger charge is 2.38. The van der Waals surface area contributed by atoms with Crippen molar-refractivity contribution in [3.8, 4) is 6.07 Å². The van der Waals surface area contributed by atoms with Gasteiger partial charge in [-0.1, -0.05) is 43.7 Å². The van der Waals surface area contributed by atoms with Crippen LogP contribution in [0.5, 0.6) is 0 Å². The lowest BCUT2D eigenvalue weighted by Gasteiger charge is -2.35. The zero-order chi connectivity index (χ0) is 25.6. The van der Waals surface area contributed by atoms with Gasteiger partial charge in [0.1, 0.15) is 24.2 Å². The maximum absolute atomic E-state index is 13.7. The molecule has 1 aromatic carbocycles. The number of nitriles is 1. The zero-order valence-corrected chi connectivity index (χ0v) is 21.3. The van der Waals surface area contributed by atoms with Crippen molar-refractivity contribution in [3.05, 3.63) is 35.4 Å². The Hall–Kier alpha value is -3.08. The molecule has 0 radical (unpaired) electrons. The second-order valence-electron chi connectivity index (χ2n) is 10.5. The number of hydrogen-bond acceptors (Lipinski definition) is 5. The molecule has 0 spiro atoms. The summed E-state index contributed by atoms with van der Waals surface area (Å²) < 4.78 is 5.31. The van der Waals surface area contributed by atoms with E-state index in [1.165, 1.54) is 4.90 Å². The maximum Gasteiger partial charge on any atom is 0.408 e. The fourth-order valence-corrected chi connectivity index (χ4v) is 3.16. The number of hydrogen-bond donors (Lipinski definition) is 2. The number of nitrogens with zero attached hydrogens (tertiary/aromatic N) is 2. The SMILES string of the molecule is Cc1ccc(C(C(=O)NC(C)(C)C)N(CC#N)C(=O)C(NC(=O)OC(C)(C)C)C(C)C)cc1. The summed E-state index contributed by atoms with van der Waals surface area (Å²) in [6.45, 7) is 15.9. The highest BCUT2D eigenvalue weighted by Crippen LogP contribution is 2.25. The molecule has 1 rings (SSSR count). The van der Waals surface area contributed by atoms with Crippen molar-refractivity contribution in [2.45, 2.75) is 85.5 Å². The first-order valence-corrected chi connectivity index (χ1v) is 11.1. The van der Waals surface area contributed by atoms with Crippen LogP contribution in [-0.2, 0) is 14.3 Å². The molecule has 8 heteroatoms. The molecule has 1 aromatic rings. The summed E-state index contributed by atoms with van der Waals surface area (Å²) in [5.74, 6) is -1.25. The van der Waals surface area contributed by atoms with Gasteiger partial charge >= 0.3 is 6.09 Å². The molecule has 3 amide bonds. The van der Waals surface area contributed by atoms with Crippen LogP contribution in [0.4, 0.5) is 4.79 Å². The Kier molecular flexibility index (Phi) is 9.46. The van der Waals surface area contributed by atoms with Crippen molar-refractivity contribution in [1.29, 1.82) is 5.26 Å². The Bertz CT molecular complexity index is 874. The second kappa shape index (κ2) is 11.2. The number of carbonyl (C=O) groups is 3. The molecule has 0 bridgehead atoms. The predicted octanol–water partition coefficient (Wildman–Crippen LogP) is 3.85. The van der Waals surface area contributed by atoms with Crippen LogP contribution >= 0.6 is 0 Å². The van der Waals surface area contributed by atoms with E-state index in [9.17, 15) is 19.6 Å². The van der Waals surface area contributed by atoms with Crippen LogP contribution < -0.4 is 10.6 Å². The highest BCUT2D eigenvalue weighted by atomic mass is 16.6. The fraction of sp³-hybridized carbons (Fsp3) is 0.600. The first-order chi connectivity index (χ1) is 15.1. The number of aryl methyl sites for hydroxylation is 1. The molecule has 33 heavy (non-hydrogen) atoms. The van der Waals surface area contributed by atoms with Gasteiger partial charge in [0, 0.05) is 5.54 Å². The third-order valence-corrected chi connectivity index (χ3v) is 4.58. The van der Waals surface area contributed by atoms with E-state index < -0.39 is 41.1 Å². The van der Waals surface area contributed by atoms with E-state index in [1.54, 1.807) is 46.8 Å². The third-order valence-electron chi connectivity index (χ3n) is 4.58. The number of benzene rings is 1. The van der Waals surface area contributed by atoms with Crippen molar-refractivity contribution in [3.63, 3.8) is 0 Å². The van der Waals surface area contributed by atoms with Crippen molar-refractivity contribution in [2.75, 3.05) is 6.54 Å². The molecule has 0 saturated heterocycles. The lowest BCUT2D eigenvalue weighted by Crippen LogP contribution is -2.56. The average molecular weight is 459 g/mol. The van der Waals surface area contributed by atoms with Crippen LogP contribution in [0.3, 0.4) is 0 Å². The van der Waals surface area contributed by atoms with Crippen molar-refractivity contribution in [2.24, 2.45) is 5.92 Å². The highest BCUT2D eigenvalue weighted by molar-refractivity contribution is 5.92. The van der Waals surface area contributed by atoms with Crippen LogP contribution in [0.2, 0.25) is 0 Å². The summed E-state index contributed by atoms with van der Waals surface area (Å²) in [7, 11) is 0. The smallest absolute Gasteiger partial charge is 0.408 e.